The molecule has 31 heavy (non-hydrogen) atoms. The zero-order valence-electron chi connectivity index (χ0n) is 17.3. The van der Waals surface area contributed by atoms with Gasteiger partial charge in [-0.1, -0.05) is 0 Å². The number of aryl methyl sites for hydroxylation is 1. The average Bonchev–Trinajstić information content (AvgIpc) is 3.08. The van der Waals surface area contributed by atoms with Crippen molar-refractivity contribution in [2.75, 3.05) is 20.8 Å². The van der Waals surface area contributed by atoms with Gasteiger partial charge in [0.25, 0.3) is 5.91 Å². The van der Waals surface area contributed by atoms with Gasteiger partial charge in [-0.05, 0) is 36.4 Å². The van der Waals surface area contributed by atoms with Crippen LogP contribution in [-0.4, -0.2) is 42.6 Å². The van der Waals surface area contributed by atoms with Crippen molar-refractivity contribution in [1.29, 1.82) is 0 Å². The maximum atomic E-state index is 12.0. The van der Waals surface area contributed by atoms with Crippen molar-refractivity contribution in [2.24, 2.45) is 12.8 Å². The predicted molar refractivity (Wildman–Crippen MR) is 117 cm³/mol. The number of ether oxygens (including phenoxy) is 3. The van der Waals surface area contributed by atoms with E-state index in [0.717, 1.165) is 28.1 Å². The molecule has 0 atom stereocenters. The van der Waals surface area contributed by atoms with Crippen LogP contribution >= 0.6 is 0 Å². The fourth-order valence-electron chi connectivity index (χ4n) is 3.87. The number of carbonyl (C=O) groups is 2. The standard InChI is InChI=1S/C23H21N3O5/c1-26-18-6-4-13(31-12-20(24)28)10-16(18)15-8-9-25-21(22(15)26)14-5-7-19(29-2)23(30-3)17(14)11-27/h4-11H,12H2,1-3H3,(H2,24,28). The third kappa shape index (κ3) is 3.31. The van der Waals surface area contributed by atoms with Crippen molar-refractivity contribution >= 4 is 34.0 Å². The van der Waals surface area contributed by atoms with Gasteiger partial charge >= 0.3 is 0 Å². The molecule has 8 nitrogen and oxygen atoms in total. The van der Waals surface area contributed by atoms with E-state index in [1.807, 2.05) is 29.8 Å². The van der Waals surface area contributed by atoms with E-state index < -0.39 is 5.91 Å². The van der Waals surface area contributed by atoms with E-state index in [-0.39, 0.29) is 6.61 Å². The van der Waals surface area contributed by atoms with Crippen LogP contribution in [0.15, 0.2) is 42.6 Å². The number of aromatic nitrogens is 2. The minimum atomic E-state index is -0.542. The van der Waals surface area contributed by atoms with Crippen molar-refractivity contribution in [3.05, 3.63) is 48.2 Å². The Hall–Kier alpha value is -4.07. The molecule has 1 amide bonds. The Balaban J connectivity index is 1.98. The average molecular weight is 419 g/mol. The molecule has 0 aliphatic heterocycles. The highest BCUT2D eigenvalue weighted by Gasteiger charge is 2.21. The van der Waals surface area contributed by atoms with Crippen molar-refractivity contribution in [1.82, 2.24) is 9.55 Å². The van der Waals surface area contributed by atoms with Crippen LogP contribution in [0.1, 0.15) is 10.4 Å². The van der Waals surface area contributed by atoms with Crippen molar-refractivity contribution in [2.45, 2.75) is 0 Å². The van der Waals surface area contributed by atoms with E-state index in [0.29, 0.717) is 34.1 Å². The highest BCUT2D eigenvalue weighted by Crippen LogP contribution is 2.40. The normalized spacial score (nSPS) is 10.9. The summed E-state index contributed by atoms with van der Waals surface area (Å²) >= 11 is 0. The Bertz CT molecular complexity index is 1330. The van der Waals surface area contributed by atoms with Crippen LogP contribution in [0.25, 0.3) is 33.1 Å². The SMILES string of the molecule is COc1ccc(-c2nccc3c4cc(OCC(N)=O)ccc4n(C)c23)c(C=O)c1OC. The first-order valence-corrected chi connectivity index (χ1v) is 9.49. The second-order valence-electron chi connectivity index (χ2n) is 6.93. The molecule has 0 saturated heterocycles. The third-order valence-corrected chi connectivity index (χ3v) is 5.22. The number of fused-ring (bicyclic) bond motifs is 3. The molecule has 4 aromatic rings. The molecule has 8 heteroatoms. The fraction of sp³-hybridized carbons (Fsp3) is 0.174. The summed E-state index contributed by atoms with van der Waals surface area (Å²) in [4.78, 5) is 27.6. The molecule has 0 unspecified atom stereocenters. The highest BCUT2D eigenvalue weighted by atomic mass is 16.5. The van der Waals surface area contributed by atoms with Crippen molar-refractivity contribution in [3.8, 4) is 28.5 Å². The smallest absolute Gasteiger partial charge is 0.255 e. The molecule has 2 heterocycles. The molecule has 2 aromatic heterocycles. The van der Waals surface area contributed by atoms with Crippen LogP contribution in [0, 0.1) is 0 Å². The van der Waals surface area contributed by atoms with Gasteiger partial charge in [0.2, 0.25) is 0 Å². The number of nitrogens with two attached hydrogens (primary N) is 1. The minimum Gasteiger partial charge on any atom is -0.493 e. The Morgan fingerprint density at radius 1 is 1.13 bits per heavy atom. The summed E-state index contributed by atoms with van der Waals surface area (Å²) in [7, 11) is 4.95. The second kappa shape index (κ2) is 7.98. The molecule has 4 rings (SSSR count). The molecule has 2 N–H and O–H groups in total. The predicted octanol–water partition coefficient (Wildman–Crippen LogP) is 3.09. The number of methoxy groups -OCH3 is 2. The summed E-state index contributed by atoms with van der Waals surface area (Å²) in [6, 6.07) is 11.0. The quantitative estimate of drug-likeness (QED) is 0.462. The van der Waals surface area contributed by atoms with Gasteiger partial charge < -0.3 is 24.5 Å². The number of hydrogen-bond donors (Lipinski definition) is 1. The van der Waals surface area contributed by atoms with Gasteiger partial charge in [0, 0.05) is 35.1 Å². The molecule has 0 bridgehead atoms. The van der Waals surface area contributed by atoms with Gasteiger partial charge in [-0.3, -0.25) is 14.6 Å². The molecule has 2 aromatic carbocycles. The molecule has 0 spiro atoms. The first-order chi connectivity index (χ1) is 15.0. The van der Waals surface area contributed by atoms with Gasteiger partial charge in [0.1, 0.15) is 5.75 Å². The molecule has 0 fully saturated rings. The lowest BCUT2D eigenvalue weighted by atomic mass is 10.0. The van der Waals surface area contributed by atoms with Gasteiger partial charge in [0.15, 0.2) is 24.4 Å². The van der Waals surface area contributed by atoms with Gasteiger partial charge in [0.05, 0.1) is 31.0 Å². The topological polar surface area (TPSA) is 106 Å². The number of benzene rings is 2. The summed E-state index contributed by atoms with van der Waals surface area (Å²) in [6.45, 7) is -0.197. The van der Waals surface area contributed by atoms with Crippen LogP contribution in [0.3, 0.4) is 0 Å². The Kier molecular flexibility index (Phi) is 5.21. The van der Waals surface area contributed by atoms with E-state index in [1.165, 1.54) is 14.2 Å². The molecular weight excluding hydrogens is 398 g/mol. The van der Waals surface area contributed by atoms with Crippen LogP contribution in [0.2, 0.25) is 0 Å². The van der Waals surface area contributed by atoms with Crippen LogP contribution < -0.4 is 19.9 Å². The molecular formula is C23H21N3O5. The first kappa shape index (κ1) is 20.2. The number of carbonyl (C=O) groups excluding carboxylic acids is 2. The molecule has 0 radical (unpaired) electrons. The lowest BCUT2D eigenvalue weighted by molar-refractivity contribution is -0.119. The number of primary amides is 1. The zero-order valence-corrected chi connectivity index (χ0v) is 17.3. The van der Waals surface area contributed by atoms with E-state index in [9.17, 15) is 9.59 Å². The van der Waals surface area contributed by atoms with Gasteiger partial charge in [-0.2, -0.15) is 0 Å². The van der Waals surface area contributed by atoms with Crippen molar-refractivity contribution < 1.29 is 23.8 Å². The maximum Gasteiger partial charge on any atom is 0.255 e. The monoisotopic (exact) mass is 419 g/mol. The van der Waals surface area contributed by atoms with E-state index in [1.54, 1.807) is 24.4 Å². The summed E-state index contributed by atoms with van der Waals surface area (Å²) in [6.07, 6.45) is 2.44. The van der Waals surface area contributed by atoms with Crippen LogP contribution in [0.4, 0.5) is 0 Å². The molecule has 0 aliphatic rings. The zero-order chi connectivity index (χ0) is 22.1. The lowest BCUT2D eigenvalue weighted by Crippen LogP contribution is -2.19. The van der Waals surface area contributed by atoms with Gasteiger partial charge in [-0.15, -0.1) is 0 Å². The number of amides is 1. The van der Waals surface area contributed by atoms with Crippen molar-refractivity contribution in [3.63, 3.8) is 0 Å². The highest BCUT2D eigenvalue weighted by molar-refractivity contribution is 6.13. The van der Waals surface area contributed by atoms with E-state index in [2.05, 4.69) is 4.98 Å². The number of hydrogen-bond acceptors (Lipinski definition) is 6. The van der Waals surface area contributed by atoms with Crippen LogP contribution in [0.5, 0.6) is 17.2 Å². The third-order valence-electron chi connectivity index (χ3n) is 5.22. The fourth-order valence-corrected chi connectivity index (χ4v) is 3.87. The van der Waals surface area contributed by atoms with E-state index >= 15 is 0 Å². The molecule has 158 valence electrons. The Labute approximate surface area is 178 Å². The molecule has 0 aliphatic carbocycles. The Morgan fingerprint density at radius 2 is 1.94 bits per heavy atom. The van der Waals surface area contributed by atoms with Gasteiger partial charge in [-0.25, -0.2) is 0 Å². The first-order valence-electron chi connectivity index (χ1n) is 9.49. The largest absolute Gasteiger partial charge is 0.493 e. The number of aldehydes is 1. The lowest BCUT2D eigenvalue weighted by Gasteiger charge is -2.14. The summed E-state index contributed by atoms with van der Waals surface area (Å²) in [5, 5.41) is 1.86. The second-order valence-corrected chi connectivity index (χ2v) is 6.93. The molecule has 0 saturated carbocycles. The van der Waals surface area contributed by atoms with E-state index in [4.69, 9.17) is 19.9 Å². The maximum absolute atomic E-state index is 12.0. The Morgan fingerprint density at radius 3 is 2.61 bits per heavy atom. The number of nitrogens with zero attached hydrogens (tertiary/aromatic N) is 2. The summed E-state index contributed by atoms with van der Waals surface area (Å²) < 4.78 is 18.2. The van der Waals surface area contributed by atoms with Crippen LogP contribution in [-0.2, 0) is 11.8 Å². The number of pyridine rings is 1. The summed E-state index contributed by atoms with van der Waals surface area (Å²) in [5.41, 5.74) is 8.60. The minimum absolute atomic E-state index is 0.197. The summed E-state index contributed by atoms with van der Waals surface area (Å²) in [5.74, 6) is 0.819. The number of rotatable bonds is 7.